The number of nitrogen functional groups attached to an aromatic ring is 1. The van der Waals surface area contributed by atoms with Gasteiger partial charge in [-0.2, -0.15) is 10.5 Å². The average molecular weight is 399 g/mol. The number of anilines is 1. The third kappa shape index (κ3) is 3.14. The van der Waals surface area contributed by atoms with Crippen molar-refractivity contribution in [2.75, 3.05) is 5.73 Å². The van der Waals surface area contributed by atoms with Crippen LogP contribution in [0.25, 0.3) is 10.2 Å². The van der Waals surface area contributed by atoms with Crippen LogP contribution in [0.3, 0.4) is 0 Å². The lowest BCUT2D eigenvalue weighted by atomic mass is 9.72. The van der Waals surface area contributed by atoms with Crippen molar-refractivity contribution in [3.63, 3.8) is 0 Å². The number of nitriles is 2. The molecule has 0 bridgehead atoms. The number of hydrogen-bond acceptors (Lipinski definition) is 8. The smallest absolute Gasteiger partial charge is 0.243 e. The van der Waals surface area contributed by atoms with Crippen molar-refractivity contribution in [1.29, 1.82) is 10.5 Å². The van der Waals surface area contributed by atoms with Gasteiger partial charge in [0.25, 0.3) is 0 Å². The Bertz CT molecular complexity index is 1070. The van der Waals surface area contributed by atoms with Gasteiger partial charge in [0.15, 0.2) is 0 Å². The maximum absolute atomic E-state index is 12.3. The molecule has 2 aromatic heterocycles. The summed E-state index contributed by atoms with van der Waals surface area (Å²) >= 11 is 2.84. The molecule has 138 valence electrons. The molecule has 3 rings (SSSR count). The second-order valence-electron chi connectivity index (χ2n) is 6.87. The molecule has 1 atom stereocenters. The number of carbonyl (C=O) groups excluding carboxylic acids is 1. The normalized spacial score (nSPS) is 18.9. The van der Waals surface area contributed by atoms with E-state index in [2.05, 4.69) is 21.4 Å². The van der Waals surface area contributed by atoms with E-state index in [1.807, 2.05) is 19.9 Å². The summed E-state index contributed by atoms with van der Waals surface area (Å²) in [5, 5.41) is 22.9. The first-order chi connectivity index (χ1) is 12.7. The molecule has 0 spiro atoms. The van der Waals surface area contributed by atoms with Crippen molar-refractivity contribution in [2.24, 2.45) is 11.3 Å². The monoisotopic (exact) mass is 398 g/mol. The molecule has 2 aromatic rings. The van der Waals surface area contributed by atoms with Crippen LogP contribution in [0.2, 0.25) is 0 Å². The summed E-state index contributed by atoms with van der Waals surface area (Å²) in [5.74, 6) is 0.0146. The fourth-order valence-corrected chi connectivity index (χ4v) is 5.15. The largest absolute Gasteiger partial charge is 0.383 e. The molecule has 0 radical (unpaired) electrons. The van der Waals surface area contributed by atoms with Crippen LogP contribution in [0.1, 0.15) is 30.1 Å². The molecule has 1 aliphatic heterocycles. The predicted molar refractivity (Wildman–Crippen MR) is 106 cm³/mol. The number of hydrogen-bond donors (Lipinski definition) is 2. The Balaban J connectivity index is 1.93. The maximum Gasteiger partial charge on any atom is 0.243 e. The van der Waals surface area contributed by atoms with Crippen molar-refractivity contribution in [2.45, 2.75) is 33.4 Å². The predicted octanol–water partition coefficient (Wildman–Crippen LogP) is 3.15. The number of thioether (sulfide) groups is 1. The van der Waals surface area contributed by atoms with Gasteiger partial charge in [-0.05, 0) is 19.4 Å². The number of thiophene rings is 1. The van der Waals surface area contributed by atoms with Crippen LogP contribution in [-0.2, 0) is 10.5 Å². The third-order valence-electron chi connectivity index (χ3n) is 4.78. The summed E-state index contributed by atoms with van der Waals surface area (Å²) in [7, 11) is 0. The standard InChI is InChI=1S/C18H18N6OS2/c1-8-9(2)27-17-13(8)14(21)22-12(23-17)7-26-16-11(6-20)18(3,4)10(5-19)15(25)24-16/h10H,7H2,1-4H3,(H,24,25)(H2,21,22,23)/t10-/m1/s1. The van der Waals surface area contributed by atoms with E-state index in [1.54, 1.807) is 25.2 Å². The van der Waals surface area contributed by atoms with E-state index in [9.17, 15) is 15.3 Å². The lowest BCUT2D eigenvalue weighted by Crippen LogP contribution is -2.44. The second kappa shape index (κ2) is 6.84. The highest BCUT2D eigenvalue weighted by Gasteiger charge is 2.44. The average Bonchev–Trinajstić information content (AvgIpc) is 2.87. The number of aryl methyl sites for hydroxylation is 2. The molecule has 0 aromatic carbocycles. The number of aromatic nitrogens is 2. The molecule has 3 heterocycles. The lowest BCUT2D eigenvalue weighted by Gasteiger charge is -2.34. The van der Waals surface area contributed by atoms with Gasteiger partial charge in [0.05, 0.1) is 33.9 Å². The van der Waals surface area contributed by atoms with Gasteiger partial charge in [-0.25, -0.2) is 9.97 Å². The van der Waals surface area contributed by atoms with E-state index in [4.69, 9.17) is 5.73 Å². The van der Waals surface area contributed by atoms with Gasteiger partial charge in [0.2, 0.25) is 5.91 Å². The van der Waals surface area contributed by atoms with E-state index in [-0.39, 0.29) is 0 Å². The van der Waals surface area contributed by atoms with E-state index in [0.29, 0.717) is 28.0 Å². The number of amides is 1. The topological polar surface area (TPSA) is 128 Å². The number of allylic oxidation sites excluding steroid dienone is 1. The van der Waals surface area contributed by atoms with Crippen molar-refractivity contribution in [1.82, 2.24) is 15.3 Å². The molecule has 3 N–H and O–H groups in total. The van der Waals surface area contributed by atoms with Crippen molar-refractivity contribution < 1.29 is 4.79 Å². The highest BCUT2D eigenvalue weighted by atomic mass is 32.2. The van der Waals surface area contributed by atoms with E-state index in [1.165, 1.54) is 11.8 Å². The van der Waals surface area contributed by atoms with Crippen LogP contribution in [0, 0.1) is 47.8 Å². The molecule has 9 heteroatoms. The van der Waals surface area contributed by atoms with Crippen molar-refractivity contribution in [3.05, 3.63) is 26.9 Å². The first-order valence-electron chi connectivity index (χ1n) is 8.21. The zero-order valence-corrected chi connectivity index (χ0v) is 17.0. The Hall–Kier alpha value is -2.62. The Morgan fingerprint density at radius 1 is 1.33 bits per heavy atom. The molecule has 1 amide bonds. The van der Waals surface area contributed by atoms with Gasteiger partial charge in [0, 0.05) is 10.3 Å². The number of nitrogens with two attached hydrogens (primary N) is 1. The van der Waals surface area contributed by atoms with Gasteiger partial charge in [-0.1, -0.05) is 25.6 Å². The fourth-order valence-electron chi connectivity index (χ4n) is 3.06. The van der Waals surface area contributed by atoms with Gasteiger partial charge >= 0.3 is 0 Å². The van der Waals surface area contributed by atoms with E-state index < -0.39 is 17.2 Å². The minimum atomic E-state index is -0.906. The van der Waals surface area contributed by atoms with E-state index in [0.717, 1.165) is 20.7 Å². The Labute approximate surface area is 165 Å². The Kier molecular flexibility index (Phi) is 4.85. The molecule has 0 saturated carbocycles. The Morgan fingerprint density at radius 3 is 2.67 bits per heavy atom. The summed E-state index contributed by atoms with van der Waals surface area (Å²) in [5.41, 5.74) is 6.72. The zero-order valence-electron chi connectivity index (χ0n) is 15.4. The quantitative estimate of drug-likeness (QED) is 0.812. The molecular weight excluding hydrogens is 380 g/mol. The van der Waals surface area contributed by atoms with Crippen molar-refractivity contribution in [3.8, 4) is 12.1 Å². The summed E-state index contributed by atoms with van der Waals surface area (Å²) in [6.45, 7) is 7.48. The van der Waals surface area contributed by atoms with Gasteiger partial charge in [-0.3, -0.25) is 4.79 Å². The van der Waals surface area contributed by atoms with Crippen LogP contribution < -0.4 is 11.1 Å². The lowest BCUT2D eigenvalue weighted by molar-refractivity contribution is -0.125. The SMILES string of the molecule is Cc1sc2nc(CSC3=C(C#N)C(C)(C)[C@H](C#N)C(=O)N3)nc(N)c2c1C. The maximum atomic E-state index is 12.3. The summed E-state index contributed by atoms with van der Waals surface area (Å²) in [6, 6.07) is 4.14. The molecule has 0 unspecified atom stereocenters. The molecule has 1 aliphatic rings. The molecule has 27 heavy (non-hydrogen) atoms. The zero-order chi connectivity index (χ0) is 19.9. The first kappa shape index (κ1) is 19.2. The minimum absolute atomic E-state index is 0.351. The highest BCUT2D eigenvalue weighted by molar-refractivity contribution is 8.02. The summed E-state index contributed by atoms with van der Waals surface area (Å²) < 4.78 is 0. The second-order valence-corrected chi connectivity index (χ2v) is 9.05. The molecular formula is C18H18N6OS2. The Morgan fingerprint density at radius 2 is 2.04 bits per heavy atom. The van der Waals surface area contributed by atoms with Gasteiger partial charge in [0.1, 0.15) is 22.4 Å². The van der Waals surface area contributed by atoms with Gasteiger partial charge < -0.3 is 11.1 Å². The third-order valence-corrected chi connectivity index (χ3v) is 6.88. The number of nitrogens with one attached hydrogen (secondary N) is 1. The minimum Gasteiger partial charge on any atom is -0.383 e. The number of nitrogens with zero attached hydrogens (tertiary/aromatic N) is 4. The van der Waals surface area contributed by atoms with Crippen LogP contribution in [0.15, 0.2) is 10.6 Å². The molecule has 7 nitrogen and oxygen atoms in total. The van der Waals surface area contributed by atoms with Crippen LogP contribution >= 0.6 is 23.1 Å². The summed E-state index contributed by atoms with van der Waals surface area (Å²) in [4.78, 5) is 23.2. The molecule has 0 saturated heterocycles. The van der Waals surface area contributed by atoms with E-state index >= 15 is 0 Å². The first-order valence-corrected chi connectivity index (χ1v) is 10.0. The summed E-state index contributed by atoms with van der Waals surface area (Å²) in [6.07, 6.45) is 0. The molecule has 0 fully saturated rings. The van der Waals surface area contributed by atoms with Crippen LogP contribution in [-0.4, -0.2) is 15.9 Å². The van der Waals surface area contributed by atoms with Gasteiger partial charge in [-0.15, -0.1) is 11.3 Å². The number of rotatable bonds is 3. The highest BCUT2D eigenvalue weighted by Crippen LogP contribution is 2.42. The van der Waals surface area contributed by atoms with Crippen molar-refractivity contribution >= 4 is 45.0 Å². The van der Waals surface area contributed by atoms with Crippen LogP contribution in [0.5, 0.6) is 0 Å². The number of fused-ring (bicyclic) bond motifs is 1. The van der Waals surface area contributed by atoms with Crippen LogP contribution in [0.4, 0.5) is 5.82 Å². The fraction of sp³-hybridized carbons (Fsp3) is 0.389. The number of carbonyl (C=O) groups is 1. The molecule has 0 aliphatic carbocycles.